The average molecular weight is 288 g/mol. The third-order valence-corrected chi connectivity index (χ3v) is 1.77. The second-order valence-electron chi connectivity index (χ2n) is 5.53. The molecule has 116 valence electrons. The number of hydrogen-bond acceptors (Lipinski definition) is 5. The Labute approximate surface area is 119 Å². The van der Waals surface area contributed by atoms with Gasteiger partial charge in [-0.15, -0.1) is 0 Å². The summed E-state index contributed by atoms with van der Waals surface area (Å²) in [6.45, 7) is 9.13. The van der Waals surface area contributed by atoms with E-state index >= 15 is 0 Å². The summed E-state index contributed by atoms with van der Waals surface area (Å²) in [5.74, 6) is -1.84. The number of carbonyl (C=O) groups excluding carboxylic acids is 3. The molecule has 20 heavy (non-hydrogen) atoms. The molecule has 0 rings (SSSR count). The van der Waals surface area contributed by atoms with Gasteiger partial charge in [-0.25, -0.2) is 0 Å². The Morgan fingerprint density at radius 2 is 1.55 bits per heavy atom. The van der Waals surface area contributed by atoms with Gasteiger partial charge in [-0.05, 0) is 19.3 Å². The highest BCUT2D eigenvalue weighted by atomic mass is 16.5. The van der Waals surface area contributed by atoms with Gasteiger partial charge < -0.3 is 9.84 Å². The van der Waals surface area contributed by atoms with E-state index in [9.17, 15) is 19.2 Å². The lowest BCUT2D eigenvalue weighted by Crippen LogP contribution is -2.15. The molecule has 0 aromatic carbocycles. The van der Waals surface area contributed by atoms with E-state index in [4.69, 9.17) is 5.11 Å². The van der Waals surface area contributed by atoms with Gasteiger partial charge in [0.05, 0.1) is 6.61 Å². The van der Waals surface area contributed by atoms with Crippen molar-refractivity contribution < 1.29 is 29.0 Å². The van der Waals surface area contributed by atoms with E-state index in [2.05, 4.69) is 4.74 Å². The molecule has 0 heterocycles. The van der Waals surface area contributed by atoms with E-state index < -0.39 is 11.9 Å². The maximum absolute atomic E-state index is 10.9. The van der Waals surface area contributed by atoms with Crippen LogP contribution in [-0.4, -0.2) is 35.2 Å². The van der Waals surface area contributed by atoms with Crippen molar-refractivity contribution >= 4 is 23.5 Å². The molecule has 0 bridgehead atoms. The Balaban J connectivity index is 0. The lowest BCUT2D eigenvalue weighted by atomic mass is 9.89. The molecule has 0 aliphatic heterocycles. The third kappa shape index (κ3) is 18.6. The molecule has 0 saturated carbocycles. The zero-order valence-corrected chi connectivity index (χ0v) is 12.8. The molecular formula is C14H24O6. The maximum Gasteiger partial charge on any atom is 0.313 e. The fraction of sp³-hybridized carbons (Fsp3) is 0.714. The Kier molecular flexibility index (Phi) is 10.4. The van der Waals surface area contributed by atoms with Crippen molar-refractivity contribution in [1.82, 2.24) is 0 Å². The van der Waals surface area contributed by atoms with E-state index in [1.54, 1.807) is 6.92 Å². The number of hydrogen-bond donors (Lipinski definition) is 1. The normalized spacial score (nSPS) is 10.1. The minimum atomic E-state index is -1.04. The summed E-state index contributed by atoms with van der Waals surface area (Å²) in [7, 11) is 0. The van der Waals surface area contributed by atoms with E-state index in [1.165, 1.54) is 6.92 Å². The van der Waals surface area contributed by atoms with Crippen LogP contribution in [0.15, 0.2) is 0 Å². The lowest BCUT2D eigenvalue weighted by Gasteiger charge is -2.15. The van der Waals surface area contributed by atoms with Gasteiger partial charge in [-0.2, -0.15) is 0 Å². The molecule has 0 aliphatic rings. The Morgan fingerprint density at radius 3 is 1.85 bits per heavy atom. The van der Waals surface area contributed by atoms with Gasteiger partial charge in [0.1, 0.15) is 24.4 Å². The highest BCUT2D eigenvalue weighted by molar-refractivity contribution is 5.95. The number of carboxylic acid groups (broad SMARTS) is 1. The molecule has 0 unspecified atom stereocenters. The number of esters is 1. The van der Waals surface area contributed by atoms with Crippen molar-refractivity contribution in [3.05, 3.63) is 0 Å². The molecule has 6 heteroatoms. The number of carbonyl (C=O) groups is 4. The van der Waals surface area contributed by atoms with Crippen LogP contribution in [0.1, 0.15) is 53.9 Å². The SMILES string of the molecule is CC(C)(C)CC(=O)CC(=O)O.CCOC(=O)CC(C)=O. The van der Waals surface area contributed by atoms with Crippen LogP contribution in [0, 0.1) is 5.41 Å². The topological polar surface area (TPSA) is 97.7 Å². The minimum Gasteiger partial charge on any atom is -0.481 e. The zero-order valence-electron chi connectivity index (χ0n) is 12.8. The number of ether oxygens (including phenoxy) is 1. The molecule has 0 aliphatic carbocycles. The summed E-state index contributed by atoms with van der Waals surface area (Å²) in [5.41, 5.74) is -0.105. The van der Waals surface area contributed by atoms with Crippen LogP contribution in [0.25, 0.3) is 0 Å². The van der Waals surface area contributed by atoms with Gasteiger partial charge in [0.2, 0.25) is 0 Å². The number of rotatable bonds is 6. The first kappa shape index (κ1) is 20.6. The van der Waals surface area contributed by atoms with Gasteiger partial charge >= 0.3 is 11.9 Å². The minimum absolute atomic E-state index is 0.103. The van der Waals surface area contributed by atoms with Gasteiger partial charge in [0, 0.05) is 6.42 Å². The second-order valence-corrected chi connectivity index (χ2v) is 5.53. The number of Topliss-reactive ketones (excluding diaryl/α,β-unsaturated/α-hetero) is 2. The number of aliphatic carboxylic acids is 1. The van der Waals surface area contributed by atoms with E-state index in [-0.39, 0.29) is 29.8 Å². The molecule has 0 aromatic rings. The highest BCUT2D eigenvalue weighted by Crippen LogP contribution is 2.19. The maximum atomic E-state index is 10.9. The van der Waals surface area contributed by atoms with Crippen molar-refractivity contribution in [2.24, 2.45) is 5.41 Å². The summed E-state index contributed by atoms with van der Waals surface area (Å²) in [4.78, 5) is 41.6. The second kappa shape index (κ2) is 10.1. The van der Waals surface area contributed by atoms with E-state index in [1.807, 2.05) is 20.8 Å². The first-order valence-corrected chi connectivity index (χ1v) is 6.36. The highest BCUT2D eigenvalue weighted by Gasteiger charge is 2.17. The molecule has 6 nitrogen and oxygen atoms in total. The van der Waals surface area contributed by atoms with Crippen molar-refractivity contribution in [2.45, 2.75) is 53.9 Å². The van der Waals surface area contributed by atoms with Gasteiger partial charge in [0.25, 0.3) is 0 Å². The van der Waals surface area contributed by atoms with Crippen LogP contribution < -0.4 is 0 Å². The Morgan fingerprint density at radius 1 is 1.05 bits per heavy atom. The third-order valence-electron chi connectivity index (χ3n) is 1.77. The number of ketones is 2. The average Bonchev–Trinajstić information content (AvgIpc) is 2.12. The smallest absolute Gasteiger partial charge is 0.313 e. The predicted molar refractivity (Wildman–Crippen MR) is 73.3 cm³/mol. The summed E-state index contributed by atoms with van der Waals surface area (Å²) in [5, 5.41) is 8.26. The Bertz CT molecular complexity index is 351. The lowest BCUT2D eigenvalue weighted by molar-refractivity contribution is -0.145. The molecule has 1 N–H and O–H groups in total. The monoisotopic (exact) mass is 288 g/mol. The molecule has 0 amide bonds. The van der Waals surface area contributed by atoms with Crippen LogP contribution in [0.2, 0.25) is 0 Å². The first-order valence-electron chi connectivity index (χ1n) is 6.36. The van der Waals surface area contributed by atoms with Crippen LogP contribution in [0.4, 0.5) is 0 Å². The standard InChI is InChI=1S/C8H14O3.C6H10O3/c1-8(2,3)5-6(9)4-7(10)11;1-3-9-6(8)4-5(2)7/h4-5H2,1-3H3,(H,10,11);3-4H2,1-2H3. The largest absolute Gasteiger partial charge is 0.481 e. The molecule has 0 radical (unpaired) electrons. The first-order chi connectivity index (χ1) is 8.97. The van der Waals surface area contributed by atoms with Crippen LogP contribution >= 0.6 is 0 Å². The Hall–Kier alpha value is -1.72. The molecule has 0 spiro atoms. The van der Waals surface area contributed by atoms with Crippen LogP contribution in [-0.2, 0) is 23.9 Å². The van der Waals surface area contributed by atoms with Crippen LogP contribution in [0.5, 0.6) is 0 Å². The fourth-order valence-corrected chi connectivity index (χ4v) is 1.24. The summed E-state index contributed by atoms with van der Waals surface area (Å²) < 4.78 is 4.49. The van der Waals surface area contributed by atoms with E-state index in [0.29, 0.717) is 13.0 Å². The van der Waals surface area contributed by atoms with Crippen LogP contribution in [0.3, 0.4) is 0 Å². The molecule has 0 fully saturated rings. The van der Waals surface area contributed by atoms with E-state index in [0.717, 1.165) is 0 Å². The molecule has 0 saturated heterocycles. The predicted octanol–water partition coefficient (Wildman–Crippen LogP) is 2.00. The molecular weight excluding hydrogens is 264 g/mol. The number of carboxylic acids is 1. The fourth-order valence-electron chi connectivity index (χ4n) is 1.24. The zero-order chi connectivity index (χ0) is 16.3. The summed E-state index contributed by atoms with van der Waals surface area (Å²) in [6.07, 6.45) is -0.121. The quantitative estimate of drug-likeness (QED) is 0.593. The summed E-state index contributed by atoms with van der Waals surface area (Å²) >= 11 is 0. The van der Waals surface area contributed by atoms with Gasteiger partial charge in [0.15, 0.2) is 0 Å². The summed E-state index contributed by atoms with van der Waals surface area (Å²) in [6, 6.07) is 0. The van der Waals surface area contributed by atoms with Crippen molar-refractivity contribution in [3.63, 3.8) is 0 Å². The van der Waals surface area contributed by atoms with Gasteiger partial charge in [-0.3, -0.25) is 19.2 Å². The molecule has 0 aromatic heterocycles. The van der Waals surface area contributed by atoms with Crippen molar-refractivity contribution in [1.29, 1.82) is 0 Å². The molecule has 0 atom stereocenters. The van der Waals surface area contributed by atoms with Gasteiger partial charge in [-0.1, -0.05) is 20.8 Å². The van der Waals surface area contributed by atoms with Crippen molar-refractivity contribution in [2.75, 3.05) is 6.61 Å². The van der Waals surface area contributed by atoms with Crippen molar-refractivity contribution in [3.8, 4) is 0 Å².